The summed E-state index contributed by atoms with van der Waals surface area (Å²) < 4.78 is 4.25. The van der Waals surface area contributed by atoms with Gasteiger partial charge in [-0.25, -0.2) is 0 Å². The number of benzene rings is 2. The van der Waals surface area contributed by atoms with Crippen LogP contribution < -0.4 is 0 Å². The van der Waals surface area contributed by atoms with Gasteiger partial charge in [-0.3, -0.25) is 0 Å². The van der Waals surface area contributed by atoms with Crippen LogP contribution >= 0.6 is 0 Å². The van der Waals surface area contributed by atoms with Crippen molar-refractivity contribution in [3.8, 4) is 5.75 Å². The van der Waals surface area contributed by atoms with Crippen molar-refractivity contribution in [2.45, 2.75) is 0 Å². The molecule has 0 atom stereocenters. The lowest BCUT2D eigenvalue weighted by Crippen LogP contribution is -1.73. The molecule has 2 rings (SSSR count). The number of ether oxygens (including phenoxy) is 1. The van der Waals surface area contributed by atoms with Gasteiger partial charge in [-0.1, -0.05) is 30.3 Å². The fraction of sp³-hybridized carbons (Fsp3) is 0.167. The number of methoxy groups -OCH3 is 1. The molecule has 0 unspecified atom stereocenters. The lowest BCUT2D eigenvalue weighted by Gasteiger charge is -2.00. The summed E-state index contributed by atoms with van der Waals surface area (Å²) >= 11 is 0. The normalized spacial score (nSPS) is 9.38. The monoisotopic (exact) mass is 219 g/mol. The Balaban J connectivity index is 0.000000386. The first-order chi connectivity index (χ1) is 7.74. The van der Waals surface area contributed by atoms with Crippen molar-refractivity contribution in [1.82, 2.24) is 0 Å². The summed E-state index contributed by atoms with van der Waals surface area (Å²) in [5, 5.41) is 13.8. The Labute approximate surface area is 93.5 Å². The number of nitrogens with zero attached hydrogens (tertiary/aromatic N) is 1. The molecular weight excluding hydrogens is 206 g/mol. The summed E-state index contributed by atoms with van der Waals surface area (Å²) in [4.78, 5) is 10.3. The smallest absolute Gasteiger partial charge is 0.152 e. The van der Waals surface area contributed by atoms with Gasteiger partial charge in [0.1, 0.15) is 5.69 Å². The molecule has 0 aromatic heterocycles. The zero-order valence-electron chi connectivity index (χ0n) is 9.18. The second-order valence-electron chi connectivity index (χ2n) is 3.15. The Morgan fingerprint density at radius 1 is 1.12 bits per heavy atom. The fourth-order valence-electron chi connectivity index (χ4n) is 1.32. The van der Waals surface area contributed by atoms with Gasteiger partial charge in [-0.15, -0.1) is 4.91 Å². The van der Waals surface area contributed by atoms with Crippen LogP contribution in [0.1, 0.15) is 0 Å². The molecule has 4 nitrogen and oxygen atoms in total. The number of phenols is 1. The van der Waals surface area contributed by atoms with E-state index in [0.717, 1.165) is 5.39 Å². The Kier molecular flexibility index (Phi) is 4.42. The Hall–Kier alpha value is -1.94. The summed E-state index contributed by atoms with van der Waals surface area (Å²) in [6.07, 6.45) is 0. The van der Waals surface area contributed by atoms with Crippen molar-refractivity contribution < 1.29 is 9.84 Å². The van der Waals surface area contributed by atoms with Crippen molar-refractivity contribution in [1.29, 1.82) is 0 Å². The van der Waals surface area contributed by atoms with Gasteiger partial charge < -0.3 is 9.84 Å². The second-order valence-corrected chi connectivity index (χ2v) is 3.15. The van der Waals surface area contributed by atoms with Gasteiger partial charge in [0.25, 0.3) is 0 Å². The van der Waals surface area contributed by atoms with E-state index in [9.17, 15) is 10.0 Å². The molecule has 4 heteroatoms. The summed E-state index contributed by atoms with van der Waals surface area (Å²) in [5.74, 6) is -0.0481. The highest BCUT2D eigenvalue weighted by Gasteiger charge is 2.04. The third kappa shape index (κ3) is 2.55. The molecule has 0 heterocycles. The third-order valence-corrected chi connectivity index (χ3v) is 1.98. The largest absolute Gasteiger partial charge is 0.505 e. The van der Waals surface area contributed by atoms with Crippen LogP contribution in [0.2, 0.25) is 0 Å². The van der Waals surface area contributed by atoms with Crippen LogP contribution in [0, 0.1) is 4.91 Å². The average Bonchev–Trinajstić information content (AvgIpc) is 2.31. The Morgan fingerprint density at radius 2 is 1.75 bits per heavy atom. The molecular formula is C12H13NO3. The van der Waals surface area contributed by atoms with Gasteiger partial charge >= 0.3 is 0 Å². The van der Waals surface area contributed by atoms with Crippen molar-refractivity contribution in [2.24, 2.45) is 5.18 Å². The molecule has 84 valence electrons. The average molecular weight is 219 g/mol. The van der Waals surface area contributed by atoms with Crippen LogP contribution in [0.15, 0.2) is 41.6 Å². The second kappa shape index (κ2) is 5.82. The molecule has 1 N–H and O–H groups in total. The first-order valence-electron chi connectivity index (χ1n) is 4.68. The molecule has 0 aliphatic rings. The zero-order valence-corrected chi connectivity index (χ0v) is 9.18. The van der Waals surface area contributed by atoms with E-state index in [1.165, 1.54) is 6.07 Å². The van der Waals surface area contributed by atoms with Gasteiger partial charge in [0.15, 0.2) is 5.75 Å². The molecule has 0 aliphatic carbocycles. The maximum absolute atomic E-state index is 10.3. The van der Waals surface area contributed by atoms with Gasteiger partial charge in [-0.05, 0) is 16.6 Å². The number of fused-ring (bicyclic) bond motifs is 1. The molecule has 0 aliphatic heterocycles. The van der Waals surface area contributed by atoms with Crippen LogP contribution in [-0.4, -0.2) is 19.3 Å². The molecule has 0 saturated carbocycles. The van der Waals surface area contributed by atoms with E-state index in [0.29, 0.717) is 5.39 Å². The highest BCUT2D eigenvalue weighted by atomic mass is 16.4. The first kappa shape index (κ1) is 12.1. The minimum absolute atomic E-state index is 0.0481. The fourth-order valence-corrected chi connectivity index (χ4v) is 1.32. The van der Waals surface area contributed by atoms with Crippen LogP contribution in [0.3, 0.4) is 0 Å². The number of phenolic OH excluding ortho intramolecular Hbond substituents is 1. The van der Waals surface area contributed by atoms with Crippen LogP contribution in [0.5, 0.6) is 5.75 Å². The van der Waals surface area contributed by atoms with E-state index in [2.05, 4.69) is 9.91 Å². The number of aromatic hydroxyl groups is 1. The van der Waals surface area contributed by atoms with Crippen molar-refractivity contribution in [3.05, 3.63) is 41.3 Å². The lowest BCUT2D eigenvalue weighted by atomic mass is 10.1. The van der Waals surface area contributed by atoms with Crippen molar-refractivity contribution in [2.75, 3.05) is 14.2 Å². The van der Waals surface area contributed by atoms with Crippen LogP contribution in [0.4, 0.5) is 5.69 Å². The summed E-state index contributed by atoms with van der Waals surface area (Å²) in [5.41, 5.74) is 0.0821. The molecule has 0 radical (unpaired) electrons. The molecule has 0 saturated heterocycles. The quantitative estimate of drug-likeness (QED) is 0.749. The van der Waals surface area contributed by atoms with Gasteiger partial charge in [0, 0.05) is 19.6 Å². The van der Waals surface area contributed by atoms with E-state index >= 15 is 0 Å². The van der Waals surface area contributed by atoms with Crippen molar-refractivity contribution >= 4 is 16.5 Å². The Morgan fingerprint density at radius 3 is 2.38 bits per heavy atom. The SMILES string of the molecule is COC.O=Nc1ccc2ccccc2c1O. The predicted octanol–water partition coefficient (Wildman–Crippen LogP) is 3.21. The molecule has 0 bridgehead atoms. The number of rotatable bonds is 1. The highest BCUT2D eigenvalue weighted by Crippen LogP contribution is 2.33. The number of hydrogen-bond acceptors (Lipinski definition) is 4. The summed E-state index contributed by atoms with van der Waals surface area (Å²) in [6, 6.07) is 10.5. The van der Waals surface area contributed by atoms with Gasteiger partial charge in [0.2, 0.25) is 0 Å². The number of hydrogen-bond donors (Lipinski definition) is 1. The summed E-state index contributed by atoms with van der Waals surface area (Å²) in [7, 11) is 3.25. The third-order valence-electron chi connectivity index (χ3n) is 1.98. The number of nitroso groups, excluding NO2 is 1. The minimum atomic E-state index is -0.0481. The molecule has 2 aromatic rings. The first-order valence-corrected chi connectivity index (χ1v) is 4.68. The van der Waals surface area contributed by atoms with E-state index in [4.69, 9.17) is 0 Å². The maximum atomic E-state index is 10.3. The maximum Gasteiger partial charge on any atom is 0.152 e. The molecule has 0 spiro atoms. The Bertz CT molecular complexity index is 483. The van der Waals surface area contributed by atoms with E-state index in [1.54, 1.807) is 32.4 Å². The topological polar surface area (TPSA) is 58.9 Å². The van der Waals surface area contributed by atoms with Crippen molar-refractivity contribution in [3.63, 3.8) is 0 Å². The predicted molar refractivity (Wildman–Crippen MR) is 64.0 cm³/mol. The van der Waals surface area contributed by atoms with E-state index < -0.39 is 0 Å². The zero-order chi connectivity index (χ0) is 12.0. The van der Waals surface area contributed by atoms with Gasteiger partial charge in [-0.2, -0.15) is 0 Å². The highest BCUT2D eigenvalue weighted by molar-refractivity contribution is 5.92. The van der Waals surface area contributed by atoms with Crippen LogP contribution in [-0.2, 0) is 4.74 Å². The van der Waals surface area contributed by atoms with Gasteiger partial charge in [0.05, 0.1) is 0 Å². The molecule has 0 amide bonds. The molecule has 0 fully saturated rings. The standard InChI is InChI=1S/C10H7NO2.C2H6O/c12-10-8-4-2-1-3-7(8)5-6-9(10)11-13;1-3-2/h1-6,12H;1-2H3. The van der Waals surface area contributed by atoms with E-state index in [-0.39, 0.29) is 11.4 Å². The summed E-state index contributed by atoms with van der Waals surface area (Å²) in [6.45, 7) is 0. The van der Waals surface area contributed by atoms with E-state index in [1.807, 2.05) is 12.1 Å². The molecule has 16 heavy (non-hydrogen) atoms. The van der Waals surface area contributed by atoms with Crippen LogP contribution in [0.25, 0.3) is 10.8 Å². The minimum Gasteiger partial charge on any atom is -0.505 e. The molecule has 2 aromatic carbocycles. The lowest BCUT2D eigenvalue weighted by molar-refractivity contribution is 0.277.